The molecule has 250 valence electrons. The number of alkyl halides is 20. The van der Waals surface area contributed by atoms with Gasteiger partial charge in [0.1, 0.15) is 0 Å². The molecule has 1 N–H and O–H groups in total. The lowest BCUT2D eigenvalue weighted by molar-refractivity contribution is -0.416. The Balaban J connectivity index is 3.43. The van der Waals surface area contributed by atoms with Crippen molar-refractivity contribution in [2.75, 3.05) is 5.32 Å². The summed E-state index contributed by atoms with van der Waals surface area (Å²) in [6.45, 7) is 1.97. The molecule has 0 saturated carbocycles. The van der Waals surface area contributed by atoms with Gasteiger partial charge in [-0.25, -0.2) is 4.98 Å². The van der Waals surface area contributed by atoms with E-state index in [1.165, 1.54) is 10.3 Å². The minimum absolute atomic E-state index is 0.263. The summed E-state index contributed by atoms with van der Waals surface area (Å²) >= 11 is 0. The lowest BCUT2D eigenvalue weighted by atomic mass is 9.77. The molecule has 44 heavy (non-hydrogen) atoms. The minimum Gasteiger partial charge on any atom is -0.324 e. The van der Waals surface area contributed by atoms with Crippen LogP contribution in [0.25, 0.3) is 0 Å². The van der Waals surface area contributed by atoms with Crippen molar-refractivity contribution in [1.29, 1.82) is 0 Å². The van der Waals surface area contributed by atoms with Crippen molar-refractivity contribution in [3.8, 4) is 0 Å². The predicted octanol–water partition coefficient (Wildman–Crippen LogP) is 8.72. The van der Waals surface area contributed by atoms with Crippen LogP contribution in [-0.4, -0.2) is 57.9 Å². The number of para-hydroxylation sites is 1. The number of nitrogens with zero attached hydrogens (tertiary/aromatic N) is 3. The summed E-state index contributed by atoms with van der Waals surface area (Å²) < 4.78 is 275. The highest BCUT2D eigenvalue weighted by atomic mass is 19.4. The molecule has 0 fully saturated rings. The zero-order valence-electron chi connectivity index (χ0n) is 20.6. The Kier molecular flexibility index (Phi) is 8.65. The van der Waals surface area contributed by atoms with Crippen molar-refractivity contribution in [3.63, 3.8) is 0 Å². The molecular weight excluding hydrogens is 676 g/mol. The first-order chi connectivity index (χ1) is 19.2. The smallest absolute Gasteiger partial charge is 0.324 e. The third-order valence-corrected chi connectivity index (χ3v) is 5.98. The van der Waals surface area contributed by atoms with Gasteiger partial charge in [-0.15, -0.1) is 0 Å². The molecule has 0 spiro atoms. The maximum atomic E-state index is 14.4. The van der Waals surface area contributed by atoms with E-state index in [2.05, 4.69) is 4.98 Å². The van der Waals surface area contributed by atoms with Crippen LogP contribution in [0.1, 0.15) is 22.8 Å². The number of rotatable bonds is 5. The van der Waals surface area contributed by atoms with Crippen LogP contribution in [0.15, 0.2) is 18.2 Å². The second kappa shape index (κ2) is 10.3. The molecule has 0 atom stereocenters. The second-order valence-corrected chi connectivity index (χ2v) is 8.76. The summed E-state index contributed by atoms with van der Waals surface area (Å²) in [6.07, 6.45) is -47.9. The molecule has 0 saturated heterocycles. The van der Waals surface area contributed by atoms with E-state index in [1.54, 1.807) is 0 Å². The van der Waals surface area contributed by atoms with Crippen LogP contribution in [0.3, 0.4) is 0 Å². The number of halogens is 20. The van der Waals surface area contributed by atoms with Crippen molar-refractivity contribution in [3.05, 3.63) is 41.0 Å². The third kappa shape index (κ3) is 5.30. The number of aryl methyl sites for hydroxylation is 2. The van der Waals surface area contributed by atoms with Crippen LogP contribution in [0.5, 0.6) is 0 Å². The van der Waals surface area contributed by atoms with Gasteiger partial charge in [-0.2, -0.15) is 97.8 Å². The Morgan fingerprint density at radius 2 is 0.773 bits per heavy atom. The monoisotopic (exact) mass is 686 g/mol. The van der Waals surface area contributed by atoms with Gasteiger partial charge in [-0.1, -0.05) is 18.2 Å². The molecule has 0 amide bonds. The molecule has 0 unspecified atom stereocenters. The minimum atomic E-state index is -8.30. The molecule has 0 aliphatic rings. The first kappa shape index (κ1) is 36.8. The highest BCUT2D eigenvalue weighted by Crippen LogP contribution is 2.64. The van der Waals surface area contributed by atoms with E-state index >= 15 is 0 Å². The molecule has 1 aromatic carbocycles. The normalized spacial score (nSPS) is 15.0. The number of anilines is 2. The van der Waals surface area contributed by atoms with Gasteiger partial charge in [-0.05, 0) is 25.0 Å². The maximum absolute atomic E-state index is 14.4. The van der Waals surface area contributed by atoms with Gasteiger partial charge in [0.2, 0.25) is 5.95 Å². The lowest BCUT2D eigenvalue weighted by Crippen LogP contribution is -2.70. The van der Waals surface area contributed by atoms with Crippen molar-refractivity contribution in [1.82, 2.24) is 15.0 Å². The molecule has 24 heteroatoms. The van der Waals surface area contributed by atoms with Crippen molar-refractivity contribution < 1.29 is 87.8 Å². The summed E-state index contributed by atoms with van der Waals surface area (Å²) in [5.41, 5.74) is -17.0. The fourth-order valence-corrected chi connectivity index (χ4v) is 3.88. The Labute approximate surface area is 229 Å². The molecule has 1 heterocycles. The summed E-state index contributed by atoms with van der Waals surface area (Å²) in [4.78, 5) is 5.29. The van der Waals surface area contributed by atoms with Crippen LogP contribution < -0.4 is 5.32 Å². The van der Waals surface area contributed by atoms with Crippen molar-refractivity contribution in [2.24, 2.45) is 0 Å². The largest absolute Gasteiger partial charge is 0.455 e. The molecule has 1 aromatic heterocycles. The summed E-state index contributed by atoms with van der Waals surface area (Å²) in [7, 11) is 0. The highest BCUT2D eigenvalue weighted by molar-refractivity contribution is 5.63. The number of hydrogen-bond acceptors (Lipinski definition) is 4. The van der Waals surface area contributed by atoms with Crippen LogP contribution in [0.2, 0.25) is 0 Å². The average Bonchev–Trinajstić information content (AvgIpc) is 2.70. The first-order valence-corrected chi connectivity index (χ1v) is 10.6. The number of benzene rings is 1. The topological polar surface area (TPSA) is 50.7 Å². The quantitative estimate of drug-likeness (QED) is 0.320. The van der Waals surface area contributed by atoms with Gasteiger partial charge in [-0.3, -0.25) is 0 Å². The van der Waals surface area contributed by atoms with Gasteiger partial charge in [0.05, 0.1) is 0 Å². The van der Waals surface area contributed by atoms with E-state index in [-0.39, 0.29) is 11.1 Å². The van der Waals surface area contributed by atoms with E-state index in [1.807, 2.05) is 4.98 Å². The number of nitrogens with one attached hydrogen (secondary N) is 1. The molecule has 0 radical (unpaired) electrons. The van der Waals surface area contributed by atoms with Gasteiger partial charge in [0, 0.05) is 5.69 Å². The van der Waals surface area contributed by atoms with Gasteiger partial charge in [0.25, 0.3) is 5.41 Å². The number of aromatic nitrogens is 3. The van der Waals surface area contributed by atoms with Gasteiger partial charge >= 0.3 is 48.4 Å². The second-order valence-electron chi connectivity index (χ2n) is 8.76. The van der Waals surface area contributed by atoms with E-state index in [0.29, 0.717) is 0 Å². The average molecular weight is 686 g/mol. The molecular formula is C20H10F20N4. The van der Waals surface area contributed by atoms with Crippen LogP contribution in [0.4, 0.5) is 99.4 Å². The Hall–Kier alpha value is -3.37. The van der Waals surface area contributed by atoms with Crippen molar-refractivity contribution in [2.45, 2.75) is 67.7 Å². The predicted molar refractivity (Wildman–Crippen MR) is 104 cm³/mol. The Bertz CT molecular complexity index is 1290. The summed E-state index contributed by atoms with van der Waals surface area (Å²) in [6, 6.07) is 3.11. The van der Waals surface area contributed by atoms with E-state index < -0.39 is 77.1 Å². The van der Waals surface area contributed by atoms with E-state index in [9.17, 15) is 87.8 Å². The Morgan fingerprint density at radius 3 is 1.07 bits per heavy atom. The van der Waals surface area contributed by atoms with Crippen molar-refractivity contribution >= 4 is 11.6 Å². The lowest BCUT2D eigenvalue weighted by Gasteiger charge is -2.42. The summed E-state index contributed by atoms with van der Waals surface area (Å²) in [5.74, 6) is -19.4. The molecule has 0 aliphatic heterocycles. The van der Waals surface area contributed by atoms with E-state index in [0.717, 1.165) is 32.0 Å². The van der Waals surface area contributed by atoms with Crippen LogP contribution in [-0.2, 0) is 10.8 Å². The van der Waals surface area contributed by atoms with Gasteiger partial charge < -0.3 is 5.32 Å². The van der Waals surface area contributed by atoms with Gasteiger partial charge in [0.15, 0.2) is 11.6 Å². The fraction of sp³-hybridized carbons (Fsp3) is 0.550. The fourth-order valence-electron chi connectivity index (χ4n) is 3.88. The molecule has 0 bridgehead atoms. The van der Waals surface area contributed by atoms with Crippen LogP contribution >= 0.6 is 0 Å². The highest BCUT2D eigenvalue weighted by Gasteiger charge is 2.92. The van der Waals surface area contributed by atoms with Crippen LogP contribution in [0, 0.1) is 13.8 Å². The number of hydrogen-bond donors (Lipinski definition) is 1. The zero-order chi connectivity index (χ0) is 34.9. The molecule has 2 aromatic rings. The molecule has 4 nitrogen and oxygen atoms in total. The maximum Gasteiger partial charge on any atom is 0.455 e. The molecule has 2 rings (SSSR count). The molecule has 0 aliphatic carbocycles. The Morgan fingerprint density at radius 1 is 0.455 bits per heavy atom. The first-order valence-electron chi connectivity index (χ1n) is 10.6. The zero-order valence-corrected chi connectivity index (χ0v) is 20.6. The summed E-state index contributed by atoms with van der Waals surface area (Å²) in [5, 5.41) is 1.39. The van der Waals surface area contributed by atoms with E-state index in [4.69, 9.17) is 0 Å². The standard InChI is InChI=1S/C20H10F20N4/c1-6-4-3-5-7(2)8(6)41-11-43-9(12(15(23,24)25,16(26,27)28)14(21,22)20(38,39)40)42-10(44-11)13(17(29,30)31,18(32,33)34)19(35,36)37/h3-5H,1-2H3,(H,41,42,43,44). The SMILES string of the molecule is Cc1cccc(C)c1Nc1nc(C(C(F)(F)F)(C(F)(F)F)C(F)(F)F)nc(C(C(F)(F)F)(C(F)(F)F)C(F)(F)C(F)(F)F)n1. The third-order valence-electron chi connectivity index (χ3n) is 5.98.